The van der Waals surface area contributed by atoms with E-state index in [1.807, 2.05) is 0 Å². The standard InChI is InChI=1S/C13H12N4O4/c1-8(18)11-5-10(17(20)21)3-4-12(11)15-13(19)9-6-14-16(2)7-9/h3-7H,1-2H3,(H,15,19). The van der Waals surface area contributed by atoms with E-state index >= 15 is 0 Å². The van der Waals surface area contributed by atoms with Crippen molar-refractivity contribution in [2.75, 3.05) is 5.32 Å². The van der Waals surface area contributed by atoms with Crippen LogP contribution in [-0.4, -0.2) is 26.4 Å². The molecule has 0 aliphatic carbocycles. The first-order chi connectivity index (χ1) is 9.88. The van der Waals surface area contributed by atoms with E-state index in [4.69, 9.17) is 0 Å². The lowest BCUT2D eigenvalue weighted by atomic mass is 10.1. The number of Topliss-reactive ketones (excluding diaryl/α,β-unsaturated/α-hetero) is 1. The van der Waals surface area contributed by atoms with Gasteiger partial charge >= 0.3 is 0 Å². The van der Waals surface area contributed by atoms with Gasteiger partial charge in [0.05, 0.1) is 22.4 Å². The first-order valence-electron chi connectivity index (χ1n) is 5.98. The van der Waals surface area contributed by atoms with Crippen molar-refractivity contribution in [3.8, 4) is 0 Å². The molecular weight excluding hydrogens is 276 g/mol. The van der Waals surface area contributed by atoms with Gasteiger partial charge in [0.25, 0.3) is 11.6 Å². The van der Waals surface area contributed by atoms with E-state index in [0.717, 1.165) is 6.07 Å². The number of benzene rings is 1. The first kappa shape index (κ1) is 14.4. The van der Waals surface area contributed by atoms with Crippen molar-refractivity contribution in [1.82, 2.24) is 9.78 Å². The van der Waals surface area contributed by atoms with Gasteiger partial charge in [-0.25, -0.2) is 0 Å². The second kappa shape index (κ2) is 5.53. The molecule has 0 unspecified atom stereocenters. The van der Waals surface area contributed by atoms with Crippen LogP contribution in [0.1, 0.15) is 27.6 Å². The number of nitro groups is 1. The number of amides is 1. The largest absolute Gasteiger partial charge is 0.321 e. The highest BCUT2D eigenvalue weighted by Gasteiger charge is 2.16. The average molecular weight is 288 g/mol. The van der Waals surface area contributed by atoms with Gasteiger partial charge in [0.15, 0.2) is 5.78 Å². The van der Waals surface area contributed by atoms with Crippen molar-refractivity contribution in [3.05, 3.63) is 51.8 Å². The number of rotatable bonds is 4. The summed E-state index contributed by atoms with van der Waals surface area (Å²) in [4.78, 5) is 33.7. The second-order valence-corrected chi connectivity index (χ2v) is 4.40. The number of nitrogens with one attached hydrogen (secondary N) is 1. The third-order valence-corrected chi connectivity index (χ3v) is 2.81. The van der Waals surface area contributed by atoms with Crippen LogP contribution in [0, 0.1) is 10.1 Å². The van der Waals surface area contributed by atoms with Crippen LogP contribution in [0.25, 0.3) is 0 Å². The van der Waals surface area contributed by atoms with Crippen LogP contribution in [0.15, 0.2) is 30.6 Å². The lowest BCUT2D eigenvalue weighted by Crippen LogP contribution is -2.14. The van der Waals surface area contributed by atoms with Crippen molar-refractivity contribution in [3.63, 3.8) is 0 Å². The molecule has 1 N–H and O–H groups in total. The van der Waals surface area contributed by atoms with E-state index in [-0.39, 0.29) is 22.7 Å². The first-order valence-corrected chi connectivity index (χ1v) is 5.98. The molecule has 1 aromatic carbocycles. The van der Waals surface area contributed by atoms with Gasteiger partial charge in [-0.3, -0.25) is 24.4 Å². The Labute approximate surface area is 119 Å². The predicted octanol–water partition coefficient (Wildman–Crippen LogP) is 1.78. The molecule has 2 aromatic rings. The summed E-state index contributed by atoms with van der Waals surface area (Å²) in [7, 11) is 1.67. The van der Waals surface area contributed by atoms with Crippen LogP contribution in [-0.2, 0) is 7.05 Å². The van der Waals surface area contributed by atoms with Gasteiger partial charge in [0.2, 0.25) is 0 Å². The van der Waals surface area contributed by atoms with Crippen molar-refractivity contribution >= 4 is 23.1 Å². The summed E-state index contributed by atoms with van der Waals surface area (Å²) < 4.78 is 1.47. The number of aryl methyl sites for hydroxylation is 1. The number of hydrogen-bond acceptors (Lipinski definition) is 5. The van der Waals surface area contributed by atoms with E-state index in [1.54, 1.807) is 7.05 Å². The van der Waals surface area contributed by atoms with Gasteiger partial charge in [0.1, 0.15) is 0 Å². The monoisotopic (exact) mass is 288 g/mol. The van der Waals surface area contributed by atoms with Crippen molar-refractivity contribution in [2.24, 2.45) is 7.05 Å². The summed E-state index contributed by atoms with van der Waals surface area (Å²) in [6.07, 6.45) is 2.91. The van der Waals surface area contributed by atoms with Gasteiger partial charge in [-0.05, 0) is 13.0 Å². The van der Waals surface area contributed by atoms with Gasteiger partial charge in [0, 0.05) is 30.9 Å². The lowest BCUT2D eigenvalue weighted by molar-refractivity contribution is -0.384. The molecule has 1 aromatic heterocycles. The Balaban J connectivity index is 2.33. The summed E-state index contributed by atoms with van der Waals surface area (Å²) in [5.41, 5.74) is 0.424. The number of anilines is 1. The summed E-state index contributed by atoms with van der Waals surface area (Å²) in [6, 6.07) is 3.70. The SMILES string of the molecule is CC(=O)c1cc([N+](=O)[O-])ccc1NC(=O)c1cnn(C)c1. The fraction of sp³-hybridized carbons (Fsp3) is 0.154. The van der Waals surface area contributed by atoms with E-state index in [1.165, 1.54) is 36.1 Å². The lowest BCUT2D eigenvalue weighted by Gasteiger charge is -2.08. The minimum atomic E-state index is -0.598. The Kier molecular flexibility index (Phi) is 3.79. The maximum atomic E-state index is 12.0. The van der Waals surface area contributed by atoms with Gasteiger partial charge in [-0.2, -0.15) is 5.10 Å². The van der Waals surface area contributed by atoms with Crippen molar-refractivity contribution in [2.45, 2.75) is 6.92 Å². The Morgan fingerprint density at radius 3 is 2.62 bits per heavy atom. The molecule has 0 aliphatic heterocycles. The number of aromatic nitrogens is 2. The number of ketones is 1. The molecule has 108 valence electrons. The number of nitro benzene ring substituents is 1. The predicted molar refractivity (Wildman–Crippen MR) is 74.3 cm³/mol. The minimum Gasteiger partial charge on any atom is -0.321 e. The molecule has 1 heterocycles. The maximum Gasteiger partial charge on any atom is 0.270 e. The molecule has 0 saturated heterocycles. The number of carbonyl (C=O) groups excluding carboxylic acids is 2. The van der Waals surface area contributed by atoms with E-state index < -0.39 is 10.8 Å². The number of hydrogen-bond donors (Lipinski definition) is 1. The number of non-ortho nitro benzene ring substituents is 1. The zero-order valence-corrected chi connectivity index (χ0v) is 11.4. The van der Waals surface area contributed by atoms with E-state index in [2.05, 4.69) is 10.4 Å². The third-order valence-electron chi connectivity index (χ3n) is 2.81. The summed E-state index contributed by atoms with van der Waals surface area (Å²) in [6.45, 7) is 1.28. The zero-order valence-electron chi connectivity index (χ0n) is 11.4. The Morgan fingerprint density at radius 1 is 1.38 bits per heavy atom. The molecule has 0 fully saturated rings. The van der Waals surface area contributed by atoms with Gasteiger partial charge < -0.3 is 5.32 Å². The molecular formula is C13H12N4O4. The highest BCUT2D eigenvalue weighted by Crippen LogP contribution is 2.23. The molecule has 0 radical (unpaired) electrons. The molecule has 0 atom stereocenters. The second-order valence-electron chi connectivity index (χ2n) is 4.40. The highest BCUT2D eigenvalue weighted by atomic mass is 16.6. The summed E-state index contributed by atoms with van der Waals surface area (Å²) in [5, 5.41) is 17.2. The molecule has 0 aliphatic rings. The molecule has 2 rings (SSSR count). The molecule has 8 nitrogen and oxygen atoms in total. The van der Waals surface area contributed by atoms with Crippen LogP contribution in [0.2, 0.25) is 0 Å². The van der Waals surface area contributed by atoms with E-state index in [9.17, 15) is 19.7 Å². The molecule has 0 bridgehead atoms. The summed E-state index contributed by atoms with van der Waals surface area (Å²) >= 11 is 0. The fourth-order valence-corrected chi connectivity index (χ4v) is 1.78. The van der Waals surface area contributed by atoms with Crippen LogP contribution >= 0.6 is 0 Å². The third kappa shape index (κ3) is 3.11. The Bertz CT molecular complexity index is 736. The number of carbonyl (C=O) groups is 2. The zero-order chi connectivity index (χ0) is 15.6. The Morgan fingerprint density at radius 2 is 2.10 bits per heavy atom. The maximum absolute atomic E-state index is 12.0. The van der Waals surface area contributed by atoms with Crippen LogP contribution in [0.3, 0.4) is 0 Å². The van der Waals surface area contributed by atoms with Crippen LogP contribution in [0.5, 0.6) is 0 Å². The fourth-order valence-electron chi connectivity index (χ4n) is 1.78. The molecule has 21 heavy (non-hydrogen) atoms. The molecule has 0 saturated carbocycles. The van der Waals surface area contributed by atoms with Crippen molar-refractivity contribution in [1.29, 1.82) is 0 Å². The highest BCUT2D eigenvalue weighted by molar-refractivity contribution is 6.09. The molecule has 8 heteroatoms. The number of nitrogens with zero attached hydrogens (tertiary/aromatic N) is 3. The summed E-state index contributed by atoms with van der Waals surface area (Å²) in [5.74, 6) is -0.820. The quantitative estimate of drug-likeness (QED) is 0.524. The smallest absolute Gasteiger partial charge is 0.270 e. The normalized spacial score (nSPS) is 10.2. The van der Waals surface area contributed by atoms with Crippen LogP contribution < -0.4 is 5.32 Å². The van der Waals surface area contributed by atoms with Gasteiger partial charge in [-0.1, -0.05) is 0 Å². The Hall–Kier alpha value is -3.03. The van der Waals surface area contributed by atoms with Crippen molar-refractivity contribution < 1.29 is 14.5 Å². The average Bonchev–Trinajstić information content (AvgIpc) is 2.85. The minimum absolute atomic E-state index is 0.0847. The van der Waals surface area contributed by atoms with Crippen LogP contribution in [0.4, 0.5) is 11.4 Å². The molecule has 0 spiro atoms. The van der Waals surface area contributed by atoms with E-state index in [0.29, 0.717) is 5.56 Å². The molecule has 1 amide bonds. The van der Waals surface area contributed by atoms with Gasteiger partial charge in [-0.15, -0.1) is 0 Å². The topological polar surface area (TPSA) is 107 Å².